The number of hydrogen-bond donors (Lipinski definition) is 1. The Kier molecular flexibility index (Phi) is 6.23. The topological polar surface area (TPSA) is 50.7 Å². The maximum Gasteiger partial charge on any atom is 0.277 e. The fraction of sp³-hybridized carbons (Fsp3) is 0.0909. The van der Waals surface area contributed by atoms with Crippen molar-refractivity contribution in [3.05, 3.63) is 88.9 Å². The van der Waals surface area contributed by atoms with Crippen LogP contribution in [0.1, 0.15) is 11.1 Å². The third-order valence-electron chi connectivity index (χ3n) is 3.92. The first kappa shape index (κ1) is 18.7. The molecule has 0 heterocycles. The van der Waals surface area contributed by atoms with Crippen molar-refractivity contribution in [1.29, 1.82) is 0 Å². The van der Waals surface area contributed by atoms with E-state index >= 15 is 0 Å². The lowest BCUT2D eigenvalue weighted by atomic mass is 10.0. The van der Waals surface area contributed by atoms with Crippen LogP contribution in [0.5, 0.6) is 5.75 Å². The number of amides is 1. The molecule has 0 spiro atoms. The minimum Gasteiger partial charge on any atom is -0.484 e. The highest BCUT2D eigenvalue weighted by atomic mass is 35.5. The number of halogens is 1. The second-order valence-corrected chi connectivity index (χ2v) is 6.39. The smallest absolute Gasteiger partial charge is 0.277 e. The monoisotopic (exact) mass is 378 g/mol. The molecule has 0 fully saturated rings. The van der Waals surface area contributed by atoms with Crippen molar-refractivity contribution in [1.82, 2.24) is 5.43 Å². The summed E-state index contributed by atoms with van der Waals surface area (Å²) in [5.74, 6) is 0.257. The molecule has 0 aliphatic carbocycles. The summed E-state index contributed by atoms with van der Waals surface area (Å²) in [5, 5.41) is 4.62. The van der Waals surface area contributed by atoms with Gasteiger partial charge in [-0.3, -0.25) is 4.79 Å². The Bertz CT molecular complexity index is 938. The van der Waals surface area contributed by atoms with E-state index in [0.717, 1.165) is 22.3 Å². The van der Waals surface area contributed by atoms with Gasteiger partial charge in [0.1, 0.15) is 5.75 Å². The maximum atomic E-state index is 11.8. The number of carbonyl (C=O) groups is 1. The zero-order chi connectivity index (χ0) is 19.1. The van der Waals surface area contributed by atoms with Gasteiger partial charge in [-0.25, -0.2) is 5.43 Å². The van der Waals surface area contributed by atoms with Gasteiger partial charge in [-0.2, -0.15) is 5.10 Å². The van der Waals surface area contributed by atoms with Crippen LogP contribution in [0, 0.1) is 6.92 Å². The SMILES string of the molecule is Cc1cc(OCC(=O)N/N=C/c2ccc(-c3ccccc3)cc2)ccc1Cl. The number of hydrogen-bond acceptors (Lipinski definition) is 3. The molecule has 0 bridgehead atoms. The van der Waals surface area contributed by atoms with Crippen LogP contribution in [0.25, 0.3) is 11.1 Å². The van der Waals surface area contributed by atoms with E-state index in [2.05, 4.69) is 22.7 Å². The molecule has 0 radical (unpaired) electrons. The molecule has 3 rings (SSSR count). The van der Waals surface area contributed by atoms with Crippen LogP contribution in [0.3, 0.4) is 0 Å². The summed E-state index contributed by atoms with van der Waals surface area (Å²) in [6.07, 6.45) is 1.60. The van der Waals surface area contributed by atoms with Crippen LogP contribution in [0.2, 0.25) is 5.02 Å². The summed E-state index contributed by atoms with van der Waals surface area (Å²) in [5.41, 5.74) is 6.53. The van der Waals surface area contributed by atoms with Crippen LogP contribution < -0.4 is 10.2 Å². The lowest BCUT2D eigenvalue weighted by molar-refractivity contribution is -0.123. The van der Waals surface area contributed by atoms with Crippen molar-refractivity contribution in [3.63, 3.8) is 0 Å². The Balaban J connectivity index is 1.49. The van der Waals surface area contributed by atoms with E-state index < -0.39 is 0 Å². The molecule has 0 aliphatic heterocycles. The number of rotatable bonds is 6. The predicted octanol–water partition coefficient (Wildman–Crippen LogP) is 4.84. The third kappa shape index (κ3) is 5.43. The molecule has 136 valence electrons. The summed E-state index contributed by atoms with van der Waals surface area (Å²) in [6, 6.07) is 23.3. The van der Waals surface area contributed by atoms with E-state index in [4.69, 9.17) is 16.3 Å². The molecule has 0 saturated heterocycles. The van der Waals surface area contributed by atoms with Crippen molar-refractivity contribution >= 4 is 23.7 Å². The van der Waals surface area contributed by atoms with E-state index in [1.165, 1.54) is 0 Å². The molecule has 0 aromatic heterocycles. The summed E-state index contributed by atoms with van der Waals surface area (Å²) >= 11 is 5.96. The van der Waals surface area contributed by atoms with Crippen LogP contribution in [-0.4, -0.2) is 18.7 Å². The zero-order valence-corrected chi connectivity index (χ0v) is 15.6. The van der Waals surface area contributed by atoms with E-state index in [0.29, 0.717) is 10.8 Å². The minimum absolute atomic E-state index is 0.120. The molecule has 27 heavy (non-hydrogen) atoms. The number of carbonyl (C=O) groups excluding carboxylic acids is 1. The van der Waals surface area contributed by atoms with Crippen molar-refractivity contribution in [2.45, 2.75) is 6.92 Å². The molecule has 1 N–H and O–H groups in total. The molecule has 3 aromatic rings. The molecule has 0 saturated carbocycles. The number of benzene rings is 3. The van der Waals surface area contributed by atoms with E-state index in [1.807, 2.05) is 49.4 Å². The lowest BCUT2D eigenvalue weighted by Gasteiger charge is -2.06. The van der Waals surface area contributed by atoms with Crippen molar-refractivity contribution in [2.75, 3.05) is 6.61 Å². The van der Waals surface area contributed by atoms with Gasteiger partial charge in [0.25, 0.3) is 5.91 Å². The van der Waals surface area contributed by atoms with Gasteiger partial charge in [-0.15, -0.1) is 0 Å². The van der Waals surface area contributed by atoms with Crippen molar-refractivity contribution < 1.29 is 9.53 Å². The first-order valence-corrected chi connectivity index (χ1v) is 8.86. The average molecular weight is 379 g/mol. The first-order valence-electron chi connectivity index (χ1n) is 8.48. The minimum atomic E-state index is -0.334. The summed E-state index contributed by atoms with van der Waals surface area (Å²) in [6.45, 7) is 1.76. The average Bonchev–Trinajstić information content (AvgIpc) is 2.70. The molecule has 3 aromatic carbocycles. The van der Waals surface area contributed by atoms with Gasteiger partial charge in [0.2, 0.25) is 0 Å². The van der Waals surface area contributed by atoms with Crippen LogP contribution in [-0.2, 0) is 4.79 Å². The van der Waals surface area contributed by atoms with Crippen molar-refractivity contribution in [2.24, 2.45) is 5.10 Å². The Morgan fingerprint density at radius 2 is 1.74 bits per heavy atom. The Labute approximate surface area is 163 Å². The van der Waals surface area contributed by atoms with Gasteiger partial charge < -0.3 is 4.74 Å². The van der Waals surface area contributed by atoms with Crippen LogP contribution in [0.15, 0.2) is 77.9 Å². The summed E-state index contributed by atoms with van der Waals surface area (Å²) in [7, 11) is 0. The number of nitrogens with zero attached hydrogens (tertiary/aromatic N) is 1. The molecule has 0 atom stereocenters. The van der Waals surface area contributed by atoms with Crippen molar-refractivity contribution in [3.8, 4) is 16.9 Å². The van der Waals surface area contributed by atoms with E-state index in [9.17, 15) is 4.79 Å². The van der Waals surface area contributed by atoms with Gasteiger partial charge >= 0.3 is 0 Å². The second-order valence-electron chi connectivity index (χ2n) is 5.98. The molecule has 0 unspecified atom stereocenters. The number of ether oxygens (including phenoxy) is 1. The number of nitrogens with one attached hydrogen (secondary N) is 1. The Hall–Kier alpha value is -3.11. The highest BCUT2D eigenvalue weighted by Gasteiger charge is 2.03. The Morgan fingerprint density at radius 3 is 2.44 bits per heavy atom. The molecule has 4 nitrogen and oxygen atoms in total. The lowest BCUT2D eigenvalue weighted by Crippen LogP contribution is -2.24. The molecule has 0 aliphatic rings. The predicted molar refractivity (Wildman–Crippen MR) is 109 cm³/mol. The van der Waals surface area contributed by atoms with Crippen LogP contribution >= 0.6 is 11.6 Å². The van der Waals surface area contributed by atoms with Gasteiger partial charge in [0.15, 0.2) is 6.61 Å². The fourth-order valence-corrected chi connectivity index (χ4v) is 2.58. The fourth-order valence-electron chi connectivity index (χ4n) is 2.46. The van der Waals surface area contributed by atoms with Gasteiger partial charge in [0.05, 0.1) is 6.21 Å². The quantitative estimate of drug-likeness (QED) is 0.492. The molecular weight excluding hydrogens is 360 g/mol. The zero-order valence-electron chi connectivity index (χ0n) is 14.9. The third-order valence-corrected chi connectivity index (χ3v) is 4.34. The largest absolute Gasteiger partial charge is 0.484 e. The van der Waals surface area contributed by atoms with Gasteiger partial charge in [0, 0.05) is 5.02 Å². The highest BCUT2D eigenvalue weighted by Crippen LogP contribution is 2.21. The van der Waals surface area contributed by atoms with Gasteiger partial charge in [-0.05, 0) is 47.4 Å². The number of aryl methyl sites for hydroxylation is 1. The van der Waals surface area contributed by atoms with Crippen LogP contribution in [0.4, 0.5) is 0 Å². The maximum absolute atomic E-state index is 11.8. The summed E-state index contributed by atoms with van der Waals surface area (Å²) in [4.78, 5) is 11.8. The van der Waals surface area contributed by atoms with E-state index in [-0.39, 0.29) is 12.5 Å². The molecule has 5 heteroatoms. The second kappa shape index (κ2) is 9.01. The standard InChI is InChI=1S/C22H19ClN2O2/c1-16-13-20(11-12-21(16)23)27-15-22(26)25-24-14-17-7-9-19(10-8-17)18-5-3-2-4-6-18/h2-14H,15H2,1H3,(H,25,26)/b24-14+. The molecule has 1 amide bonds. The molecular formula is C22H19ClN2O2. The normalized spacial score (nSPS) is 10.7. The Morgan fingerprint density at radius 1 is 1.04 bits per heavy atom. The van der Waals surface area contributed by atoms with E-state index in [1.54, 1.807) is 24.4 Å². The first-order chi connectivity index (χ1) is 13.1. The highest BCUT2D eigenvalue weighted by molar-refractivity contribution is 6.31. The van der Waals surface area contributed by atoms with Gasteiger partial charge in [-0.1, -0.05) is 66.2 Å². The summed E-state index contributed by atoms with van der Waals surface area (Å²) < 4.78 is 5.43. The number of hydrazone groups is 1.